The highest BCUT2D eigenvalue weighted by atomic mass is 19.1. The summed E-state index contributed by atoms with van der Waals surface area (Å²) >= 11 is 0. The molecule has 0 saturated heterocycles. The fourth-order valence-electron chi connectivity index (χ4n) is 2.01. The van der Waals surface area contributed by atoms with Crippen LogP contribution in [0.3, 0.4) is 0 Å². The molecule has 6 nitrogen and oxygen atoms in total. The first kappa shape index (κ1) is 15.0. The number of aromatic nitrogens is 2. The topological polar surface area (TPSA) is 84.2 Å². The summed E-state index contributed by atoms with van der Waals surface area (Å²) in [6.07, 6.45) is 0.435. The molecule has 0 aliphatic carbocycles. The Bertz CT molecular complexity index is 696. The van der Waals surface area contributed by atoms with Gasteiger partial charge in [0.15, 0.2) is 0 Å². The maximum absolute atomic E-state index is 13.1. The monoisotopic (exact) mass is 293 g/mol. The van der Waals surface area contributed by atoms with E-state index in [-0.39, 0.29) is 12.4 Å². The Morgan fingerprint density at radius 1 is 1.48 bits per heavy atom. The van der Waals surface area contributed by atoms with Crippen LogP contribution in [0.15, 0.2) is 18.2 Å². The number of carbonyl (C=O) groups is 2. The van der Waals surface area contributed by atoms with Crippen molar-refractivity contribution in [2.24, 2.45) is 13.0 Å². The van der Waals surface area contributed by atoms with Gasteiger partial charge in [-0.25, -0.2) is 9.37 Å². The third kappa shape index (κ3) is 3.18. The van der Waals surface area contributed by atoms with E-state index in [9.17, 15) is 14.0 Å². The van der Waals surface area contributed by atoms with Crippen LogP contribution in [0.1, 0.15) is 12.7 Å². The van der Waals surface area contributed by atoms with Crippen LogP contribution in [0.4, 0.5) is 4.39 Å². The number of aliphatic carboxylic acids is 1. The van der Waals surface area contributed by atoms with Crippen molar-refractivity contribution in [3.05, 3.63) is 29.8 Å². The average molecular weight is 293 g/mol. The molecule has 0 saturated carbocycles. The number of carboxylic acid groups (broad SMARTS) is 1. The summed E-state index contributed by atoms with van der Waals surface area (Å²) in [6, 6.07) is 4.36. The number of nitrogens with one attached hydrogen (secondary N) is 1. The largest absolute Gasteiger partial charge is 0.481 e. The Hall–Kier alpha value is -2.44. The predicted octanol–water partition coefficient (Wildman–Crippen LogP) is 1.09. The molecule has 1 heterocycles. The van der Waals surface area contributed by atoms with Crippen LogP contribution >= 0.6 is 0 Å². The van der Waals surface area contributed by atoms with Gasteiger partial charge in [0.05, 0.1) is 11.0 Å². The number of rotatable bonds is 5. The highest BCUT2D eigenvalue weighted by Crippen LogP contribution is 2.16. The molecule has 0 aliphatic heterocycles. The Morgan fingerprint density at radius 2 is 2.19 bits per heavy atom. The van der Waals surface area contributed by atoms with Crippen LogP contribution in [0, 0.1) is 11.7 Å². The molecule has 2 N–H and O–H groups in total. The van der Waals surface area contributed by atoms with E-state index in [1.54, 1.807) is 6.07 Å². The van der Waals surface area contributed by atoms with Crippen molar-refractivity contribution in [2.45, 2.75) is 13.3 Å². The minimum absolute atomic E-state index is 0.274. The highest BCUT2D eigenvalue weighted by molar-refractivity contribution is 5.96. The molecule has 0 fully saturated rings. The Balaban J connectivity index is 2.02. The lowest BCUT2D eigenvalue weighted by atomic mass is 10.2. The van der Waals surface area contributed by atoms with Gasteiger partial charge in [-0.1, -0.05) is 0 Å². The third-order valence-electron chi connectivity index (χ3n) is 3.35. The van der Waals surface area contributed by atoms with Gasteiger partial charge < -0.3 is 15.0 Å². The number of imidazole rings is 1. The van der Waals surface area contributed by atoms with E-state index in [4.69, 9.17) is 5.11 Å². The highest BCUT2D eigenvalue weighted by Gasteiger charge is 2.19. The number of aryl methyl sites for hydroxylation is 1. The van der Waals surface area contributed by atoms with Gasteiger partial charge in [0, 0.05) is 26.1 Å². The van der Waals surface area contributed by atoms with Gasteiger partial charge in [0.2, 0.25) is 5.91 Å². The Morgan fingerprint density at radius 3 is 2.86 bits per heavy atom. The molecule has 112 valence electrons. The SMILES string of the molecule is CC(C(=O)O)C(=O)NCCc1nc2cc(F)ccc2n1C. The molecule has 0 radical (unpaired) electrons. The molecule has 0 spiro atoms. The Labute approximate surface area is 120 Å². The fourth-order valence-corrected chi connectivity index (χ4v) is 2.01. The van der Waals surface area contributed by atoms with Crippen molar-refractivity contribution >= 4 is 22.9 Å². The molecule has 7 heteroatoms. The van der Waals surface area contributed by atoms with E-state index >= 15 is 0 Å². The maximum Gasteiger partial charge on any atom is 0.315 e. The lowest BCUT2D eigenvalue weighted by Gasteiger charge is -2.08. The second-order valence-electron chi connectivity index (χ2n) is 4.82. The third-order valence-corrected chi connectivity index (χ3v) is 3.35. The normalized spacial score (nSPS) is 12.3. The zero-order chi connectivity index (χ0) is 15.6. The molecule has 2 aromatic rings. The van der Waals surface area contributed by atoms with Crippen LogP contribution in [-0.2, 0) is 23.1 Å². The second-order valence-corrected chi connectivity index (χ2v) is 4.82. The predicted molar refractivity (Wildman–Crippen MR) is 74.2 cm³/mol. The first-order valence-electron chi connectivity index (χ1n) is 6.51. The van der Waals surface area contributed by atoms with Gasteiger partial charge >= 0.3 is 5.97 Å². The summed E-state index contributed by atoms with van der Waals surface area (Å²) in [6.45, 7) is 1.60. The first-order valence-corrected chi connectivity index (χ1v) is 6.51. The van der Waals surface area contributed by atoms with Crippen LogP contribution in [0.5, 0.6) is 0 Å². The number of fused-ring (bicyclic) bond motifs is 1. The minimum atomic E-state index is -1.16. The van der Waals surface area contributed by atoms with E-state index in [0.717, 1.165) is 5.52 Å². The number of benzene rings is 1. The van der Waals surface area contributed by atoms with Crippen molar-refractivity contribution < 1.29 is 19.1 Å². The van der Waals surface area contributed by atoms with Gasteiger partial charge in [0.25, 0.3) is 0 Å². The number of nitrogens with zero attached hydrogens (tertiary/aromatic N) is 2. The number of carboxylic acids is 1. The molecule has 1 amide bonds. The second kappa shape index (κ2) is 5.90. The molecule has 0 aliphatic rings. The van der Waals surface area contributed by atoms with Crippen molar-refractivity contribution in [1.29, 1.82) is 0 Å². The van der Waals surface area contributed by atoms with Crippen molar-refractivity contribution in [1.82, 2.24) is 14.9 Å². The molecule has 0 bridgehead atoms. The molecule has 1 aromatic carbocycles. The van der Waals surface area contributed by atoms with Crippen LogP contribution in [0.2, 0.25) is 0 Å². The van der Waals surface area contributed by atoms with Gasteiger partial charge in [0.1, 0.15) is 17.6 Å². The maximum atomic E-state index is 13.1. The summed E-state index contributed by atoms with van der Waals surface area (Å²) in [7, 11) is 1.81. The van der Waals surface area contributed by atoms with E-state index in [1.165, 1.54) is 19.1 Å². The molecule has 1 unspecified atom stereocenters. The van der Waals surface area contributed by atoms with Gasteiger partial charge in [-0.3, -0.25) is 9.59 Å². The van der Waals surface area contributed by atoms with Crippen molar-refractivity contribution in [3.8, 4) is 0 Å². The molecular formula is C14H16FN3O3. The number of halogens is 1. The summed E-state index contributed by atoms with van der Waals surface area (Å²) in [5.74, 6) is -2.44. The van der Waals surface area contributed by atoms with Crippen molar-refractivity contribution in [3.63, 3.8) is 0 Å². The fraction of sp³-hybridized carbons (Fsp3) is 0.357. The number of amides is 1. The van der Waals surface area contributed by atoms with E-state index in [2.05, 4.69) is 10.3 Å². The van der Waals surface area contributed by atoms with Crippen LogP contribution in [-0.4, -0.2) is 33.1 Å². The first-order chi connectivity index (χ1) is 9.90. The lowest BCUT2D eigenvalue weighted by Crippen LogP contribution is -2.34. The molecule has 21 heavy (non-hydrogen) atoms. The van der Waals surface area contributed by atoms with Crippen molar-refractivity contribution in [2.75, 3.05) is 6.54 Å². The minimum Gasteiger partial charge on any atom is -0.481 e. The molecule has 1 aromatic heterocycles. The summed E-state index contributed by atoms with van der Waals surface area (Å²) in [4.78, 5) is 26.5. The standard InChI is InChI=1S/C14H16FN3O3/c1-8(14(20)21)13(19)16-6-5-12-17-10-7-9(15)3-4-11(10)18(12)2/h3-4,7-8H,5-6H2,1-2H3,(H,16,19)(H,20,21). The van der Waals surface area contributed by atoms with Crippen LogP contribution < -0.4 is 5.32 Å². The van der Waals surface area contributed by atoms with Gasteiger partial charge in [-0.15, -0.1) is 0 Å². The number of carbonyl (C=O) groups excluding carboxylic acids is 1. The molecule has 2 rings (SSSR count). The van der Waals surface area contributed by atoms with Gasteiger partial charge in [-0.2, -0.15) is 0 Å². The quantitative estimate of drug-likeness (QED) is 0.808. The van der Waals surface area contributed by atoms with E-state index < -0.39 is 17.8 Å². The summed E-state index contributed by atoms with van der Waals surface area (Å²) in [5.41, 5.74) is 1.36. The lowest BCUT2D eigenvalue weighted by molar-refractivity contribution is -0.146. The number of hydrogen-bond donors (Lipinski definition) is 2. The summed E-state index contributed by atoms with van der Waals surface area (Å²) < 4.78 is 15.0. The summed E-state index contributed by atoms with van der Waals surface area (Å²) in [5, 5.41) is 11.3. The zero-order valence-electron chi connectivity index (χ0n) is 11.8. The van der Waals surface area contributed by atoms with E-state index in [0.29, 0.717) is 17.8 Å². The number of hydrogen-bond acceptors (Lipinski definition) is 3. The zero-order valence-corrected chi connectivity index (χ0v) is 11.8. The Kier molecular flexibility index (Phi) is 4.21. The average Bonchev–Trinajstić information content (AvgIpc) is 2.73. The molecular weight excluding hydrogens is 277 g/mol. The van der Waals surface area contributed by atoms with Gasteiger partial charge in [-0.05, 0) is 19.1 Å². The van der Waals surface area contributed by atoms with Crippen LogP contribution in [0.25, 0.3) is 11.0 Å². The van der Waals surface area contributed by atoms with E-state index in [1.807, 2.05) is 11.6 Å². The molecule has 1 atom stereocenters. The smallest absolute Gasteiger partial charge is 0.315 e.